The summed E-state index contributed by atoms with van der Waals surface area (Å²) in [7, 11) is 1.51. The lowest BCUT2D eigenvalue weighted by atomic mass is 10.1. The van der Waals surface area contributed by atoms with Crippen LogP contribution in [0, 0.1) is 5.92 Å². The van der Waals surface area contributed by atoms with E-state index in [0.29, 0.717) is 28.5 Å². The molecule has 0 unspecified atom stereocenters. The highest BCUT2D eigenvalue weighted by Crippen LogP contribution is 2.37. The lowest BCUT2D eigenvalue weighted by Crippen LogP contribution is -2.09. The van der Waals surface area contributed by atoms with Crippen molar-refractivity contribution in [3.8, 4) is 11.5 Å². The Kier molecular flexibility index (Phi) is 4.69. The molecule has 4 nitrogen and oxygen atoms in total. The lowest BCUT2D eigenvalue weighted by molar-refractivity contribution is 0.0696. The number of rotatable bonds is 5. The molecule has 0 heterocycles. The van der Waals surface area contributed by atoms with E-state index >= 15 is 0 Å². The molecule has 0 atom stereocenters. The molecular formula is C14H17BrO4. The number of halogens is 1. The van der Waals surface area contributed by atoms with Crippen LogP contribution in [-0.4, -0.2) is 24.8 Å². The van der Waals surface area contributed by atoms with E-state index in [2.05, 4.69) is 15.9 Å². The Balaban J connectivity index is 2.16. The Bertz CT molecular complexity index is 467. The van der Waals surface area contributed by atoms with Gasteiger partial charge in [0.1, 0.15) is 0 Å². The summed E-state index contributed by atoms with van der Waals surface area (Å²) in [5, 5.41) is 9.01. The van der Waals surface area contributed by atoms with Crippen molar-refractivity contribution in [3.63, 3.8) is 0 Å². The summed E-state index contributed by atoms with van der Waals surface area (Å²) < 4.78 is 11.6. The quantitative estimate of drug-likeness (QED) is 0.894. The van der Waals surface area contributed by atoms with Crippen LogP contribution in [0.3, 0.4) is 0 Å². The van der Waals surface area contributed by atoms with Gasteiger partial charge in [-0.3, -0.25) is 0 Å². The van der Waals surface area contributed by atoms with Gasteiger partial charge in [0.05, 0.1) is 23.8 Å². The second-order valence-electron chi connectivity index (χ2n) is 4.76. The van der Waals surface area contributed by atoms with Gasteiger partial charge in [0, 0.05) is 0 Å². The van der Waals surface area contributed by atoms with Gasteiger partial charge in [-0.2, -0.15) is 0 Å². The minimum absolute atomic E-state index is 0.178. The van der Waals surface area contributed by atoms with Crippen molar-refractivity contribution >= 4 is 21.9 Å². The van der Waals surface area contributed by atoms with E-state index in [-0.39, 0.29) is 5.56 Å². The molecule has 1 aromatic rings. The maximum absolute atomic E-state index is 11.0. The minimum Gasteiger partial charge on any atom is -0.493 e. The summed E-state index contributed by atoms with van der Waals surface area (Å²) in [4.78, 5) is 11.0. The van der Waals surface area contributed by atoms with Crippen LogP contribution in [0.2, 0.25) is 0 Å². The number of ether oxygens (including phenoxy) is 2. The van der Waals surface area contributed by atoms with Crippen LogP contribution in [0.4, 0.5) is 0 Å². The number of methoxy groups -OCH3 is 1. The zero-order chi connectivity index (χ0) is 13.8. The Morgan fingerprint density at radius 1 is 1.42 bits per heavy atom. The predicted octanol–water partition coefficient (Wildman–Crippen LogP) is 3.72. The molecule has 1 aliphatic rings. The van der Waals surface area contributed by atoms with E-state index in [1.807, 2.05) is 0 Å². The Morgan fingerprint density at radius 2 is 2.11 bits per heavy atom. The van der Waals surface area contributed by atoms with Crippen LogP contribution in [0.25, 0.3) is 0 Å². The van der Waals surface area contributed by atoms with Gasteiger partial charge in [0.25, 0.3) is 0 Å². The van der Waals surface area contributed by atoms with Crippen LogP contribution >= 0.6 is 15.9 Å². The normalized spacial score (nSPS) is 15.5. The van der Waals surface area contributed by atoms with E-state index < -0.39 is 5.97 Å². The summed E-state index contributed by atoms with van der Waals surface area (Å²) in [5.41, 5.74) is 0.178. The largest absolute Gasteiger partial charge is 0.493 e. The van der Waals surface area contributed by atoms with E-state index in [1.165, 1.54) is 44.9 Å². The number of hydrogen-bond acceptors (Lipinski definition) is 3. The number of aromatic carboxylic acids is 1. The summed E-state index contributed by atoms with van der Waals surface area (Å²) >= 11 is 3.35. The number of carboxylic acid groups (broad SMARTS) is 1. The Morgan fingerprint density at radius 3 is 2.68 bits per heavy atom. The summed E-state index contributed by atoms with van der Waals surface area (Å²) in [5.74, 6) is 0.640. The second-order valence-corrected chi connectivity index (χ2v) is 5.61. The molecule has 0 amide bonds. The van der Waals surface area contributed by atoms with Crippen LogP contribution in [0.5, 0.6) is 11.5 Å². The third kappa shape index (κ3) is 3.41. The van der Waals surface area contributed by atoms with Gasteiger partial charge in [-0.1, -0.05) is 12.8 Å². The molecule has 0 radical (unpaired) electrons. The summed E-state index contributed by atoms with van der Waals surface area (Å²) in [6.07, 6.45) is 4.94. The van der Waals surface area contributed by atoms with Crippen molar-refractivity contribution in [3.05, 3.63) is 22.2 Å². The minimum atomic E-state index is -0.985. The molecule has 19 heavy (non-hydrogen) atoms. The molecule has 0 aliphatic heterocycles. The van der Waals surface area contributed by atoms with Crippen LogP contribution in [0.15, 0.2) is 16.6 Å². The maximum Gasteiger partial charge on any atom is 0.335 e. The molecule has 0 saturated heterocycles. The van der Waals surface area contributed by atoms with Gasteiger partial charge in [-0.05, 0) is 46.8 Å². The first kappa shape index (κ1) is 14.2. The molecule has 0 spiro atoms. The van der Waals surface area contributed by atoms with Crippen molar-refractivity contribution in [2.45, 2.75) is 25.7 Å². The molecule has 1 aliphatic carbocycles. The second kappa shape index (κ2) is 6.28. The van der Waals surface area contributed by atoms with E-state index in [9.17, 15) is 4.79 Å². The van der Waals surface area contributed by atoms with Crippen molar-refractivity contribution in [2.24, 2.45) is 5.92 Å². The molecule has 1 aromatic carbocycles. The van der Waals surface area contributed by atoms with Crippen LogP contribution < -0.4 is 9.47 Å². The highest BCUT2D eigenvalue weighted by Gasteiger charge is 2.19. The van der Waals surface area contributed by atoms with Crippen LogP contribution in [-0.2, 0) is 0 Å². The molecular weight excluding hydrogens is 312 g/mol. The van der Waals surface area contributed by atoms with Gasteiger partial charge >= 0.3 is 5.97 Å². The molecule has 1 fully saturated rings. The topological polar surface area (TPSA) is 55.8 Å². The number of carboxylic acids is 1. The van der Waals surface area contributed by atoms with E-state index in [0.717, 1.165) is 0 Å². The van der Waals surface area contributed by atoms with Crippen molar-refractivity contribution in [2.75, 3.05) is 13.7 Å². The smallest absolute Gasteiger partial charge is 0.335 e. The molecule has 104 valence electrons. The fourth-order valence-electron chi connectivity index (χ4n) is 2.36. The number of benzene rings is 1. The molecule has 1 saturated carbocycles. The molecule has 2 rings (SSSR count). The Hall–Kier alpha value is -1.23. The van der Waals surface area contributed by atoms with Gasteiger partial charge in [-0.15, -0.1) is 0 Å². The fourth-order valence-corrected chi connectivity index (χ4v) is 2.92. The van der Waals surface area contributed by atoms with Crippen molar-refractivity contribution in [1.82, 2.24) is 0 Å². The van der Waals surface area contributed by atoms with Gasteiger partial charge < -0.3 is 14.6 Å². The number of carbonyl (C=O) groups is 1. The average molecular weight is 329 g/mol. The summed E-state index contributed by atoms with van der Waals surface area (Å²) in [6, 6.07) is 3.02. The first-order valence-electron chi connectivity index (χ1n) is 6.35. The number of hydrogen-bond donors (Lipinski definition) is 1. The highest BCUT2D eigenvalue weighted by molar-refractivity contribution is 9.10. The fraction of sp³-hybridized carbons (Fsp3) is 0.500. The van der Waals surface area contributed by atoms with E-state index in [1.54, 1.807) is 0 Å². The highest BCUT2D eigenvalue weighted by atomic mass is 79.9. The lowest BCUT2D eigenvalue weighted by Gasteiger charge is -2.16. The molecule has 0 bridgehead atoms. The Labute approximate surface area is 120 Å². The first-order chi connectivity index (χ1) is 9.11. The molecule has 5 heteroatoms. The standard InChI is InChI=1S/C14H17BrO4/c1-18-12-7-10(14(16)17)6-11(15)13(12)19-8-9-4-2-3-5-9/h6-7,9H,2-5,8H2,1H3,(H,16,17). The SMILES string of the molecule is COc1cc(C(=O)O)cc(Br)c1OCC1CCCC1. The van der Waals surface area contributed by atoms with Gasteiger partial charge in [-0.25, -0.2) is 4.79 Å². The average Bonchev–Trinajstić information content (AvgIpc) is 2.89. The van der Waals surface area contributed by atoms with Crippen LogP contribution in [0.1, 0.15) is 36.0 Å². The predicted molar refractivity (Wildman–Crippen MR) is 75.1 cm³/mol. The maximum atomic E-state index is 11.0. The third-order valence-corrected chi connectivity index (χ3v) is 4.00. The third-order valence-electron chi connectivity index (χ3n) is 3.41. The van der Waals surface area contributed by atoms with E-state index in [4.69, 9.17) is 14.6 Å². The van der Waals surface area contributed by atoms with Crippen molar-refractivity contribution < 1.29 is 19.4 Å². The zero-order valence-corrected chi connectivity index (χ0v) is 12.4. The molecule has 0 aromatic heterocycles. The van der Waals surface area contributed by atoms with Gasteiger partial charge in [0.2, 0.25) is 0 Å². The van der Waals surface area contributed by atoms with Crippen molar-refractivity contribution in [1.29, 1.82) is 0 Å². The monoisotopic (exact) mass is 328 g/mol. The first-order valence-corrected chi connectivity index (χ1v) is 7.14. The zero-order valence-electron chi connectivity index (χ0n) is 10.8. The van der Waals surface area contributed by atoms with Gasteiger partial charge in [0.15, 0.2) is 11.5 Å². The molecule has 1 N–H and O–H groups in total. The summed E-state index contributed by atoms with van der Waals surface area (Å²) in [6.45, 7) is 0.654.